The first-order chi connectivity index (χ1) is 15.9. The lowest BCUT2D eigenvalue weighted by Gasteiger charge is -2.29. The Balaban J connectivity index is 1.69. The van der Waals surface area contributed by atoms with E-state index in [1.54, 1.807) is 11.8 Å². The van der Waals surface area contributed by atoms with Crippen molar-refractivity contribution < 1.29 is 19.0 Å². The molecule has 1 atom stereocenters. The number of allylic oxidation sites excluding steroid dienone is 1. The zero-order chi connectivity index (χ0) is 23.5. The van der Waals surface area contributed by atoms with E-state index in [9.17, 15) is 4.79 Å². The van der Waals surface area contributed by atoms with E-state index < -0.39 is 12.0 Å². The van der Waals surface area contributed by atoms with Crippen molar-refractivity contribution in [2.24, 2.45) is 0 Å². The maximum atomic E-state index is 13.0. The fourth-order valence-corrected chi connectivity index (χ4v) is 3.84. The normalized spacial score (nSPS) is 15.2. The van der Waals surface area contributed by atoms with Gasteiger partial charge in [-0.05, 0) is 56.5 Å². The number of carbonyl (C=O) groups is 1. The average molecular weight is 449 g/mol. The minimum atomic E-state index is -0.519. The SMILES string of the molecule is COc1cc(C2C(C(=O)OC(C)C)=C(C)Nc3ncnn32)ccc1OCc1ccccc1C. The lowest BCUT2D eigenvalue weighted by atomic mass is 9.95. The number of aromatic nitrogens is 3. The van der Waals surface area contributed by atoms with E-state index in [1.807, 2.05) is 57.2 Å². The lowest BCUT2D eigenvalue weighted by molar-refractivity contribution is -0.143. The summed E-state index contributed by atoms with van der Waals surface area (Å²) in [4.78, 5) is 17.3. The van der Waals surface area contributed by atoms with E-state index in [-0.39, 0.29) is 6.10 Å². The maximum absolute atomic E-state index is 13.0. The smallest absolute Gasteiger partial charge is 0.338 e. The molecule has 1 unspecified atom stereocenters. The molecule has 1 aromatic heterocycles. The highest BCUT2D eigenvalue weighted by Gasteiger charge is 2.35. The van der Waals surface area contributed by atoms with Crippen LogP contribution in [0.5, 0.6) is 11.5 Å². The summed E-state index contributed by atoms with van der Waals surface area (Å²) >= 11 is 0. The van der Waals surface area contributed by atoms with Crippen LogP contribution in [-0.4, -0.2) is 33.9 Å². The van der Waals surface area contributed by atoms with E-state index in [4.69, 9.17) is 14.2 Å². The van der Waals surface area contributed by atoms with Crippen LogP contribution >= 0.6 is 0 Å². The molecule has 2 aromatic carbocycles. The van der Waals surface area contributed by atoms with Gasteiger partial charge in [0.1, 0.15) is 19.0 Å². The first-order valence-corrected chi connectivity index (χ1v) is 10.8. The molecule has 0 radical (unpaired) electrons. The predicted molar refractivity (Wildman–Crippen MR) is 124 cm³/mol. The van der Waals surface area contributed by atoms with Gasteiger partial charge in [-0.1, -0.05) is 30.3 Å². The number of nitrogens with one attached hydrogen (secondary N) is 1. The molecular weight excluding hydrogens is 420 g/mol. The zero-order valence-electron chi connectivity index (χ0n) is 19.5. The first kappa shape index (κ1) is 22.4. The quantitative estimate of drug-likeness (QED) is 0.536. The molecule has 8 nitrogen and oxygen atoms in total. The van der Waals surface area contributed by atoms with Crippen LogP contribution in [0, 0.1) is 6.92 Å². The largest absolute Gasteiger partial charge is 0.493 e. The van der Waals surface area contributed by atoms with Gasteiger partial charge in [-0.3, -0.25) is 0 Å². The van der Waals surface area contributed by atoms with Crippen LogP contribution in [-0.2, 0) is 16.1 Å². The van der Waals surface area contributed by atoms with Gasteiger partial charge in [0.25, 0.3) is 0 Å². The van der Waals surface area contributed by atoms with Crippen molar-refractivity contribution in [3.8, 4) is 11.5 Å². The highest BCUT2D eigenvalue weighted by atomic mass is 16.5. The number of carbonyl (C=O) groups excluding carboxylic acids is 1. The number of anilines is 1. The fourth-order valence-electron chi connectivity index (χ4n) is 3.84. The Kier molecular flexibility index (Phi) is 6.35. The number of esters is 1. The second-order valence-electron chi connectivity index (χ2n) is 8.17. The molecule has 0 fully saturated rings. The van der Waals surface area contributed by atoms with Crippen molar-refractivity contribution in [1.82, 2.24) is 14.8 Å². The molecule has 0 amide bonds. The molecule has 0 aliphatic carbocycles. The Bertz CT molecular complexity index is 1200. The van der Waals surface area contributed by atoms with Gasteiger partial charge in [0.2, 0.25) is 5.95 Å². The van der Waals surface area contributed by atoms with Crippen molar-refractivity contribution in [3.05, 3.63) is 76.8 Å². The van der Waals surface area contributed by atoms with Gasteiger partial charge in [0.05, 0.1) is 18.8 Å². The third-order valence-corrected chi connectivity index (χ3v) is 5.50. The summed E-state index contributed by atoms with van der Waals surface area (Å²) < 4.78 is 18.9. The van der Waals surface area contributed by atoms with E-state index in [2.05, 4.69) is 28.4 Å². The van der Waals surface area contributed by atoms with Crippen LogP contribution in [0.25, 0.3) is 0 Å². The number of benzene rings is 2. The second-order valence-corrected chi connectivity index (χ2v) is 8.17. The van der Waals surface area contributed by atoms with Gasteiger partial charge in [0, 0.05) is 5.70 Å². The molecule has 1 aliphatic rings. The van der Waals surface area contributed by atoms with Gasteiger partial charge >= 0.3 is 5.97 Å². The minimum Gasteiger partial charge on any atom is -0.493 e. The van der Waals surface area contributed by atoms with Crippen molar-refractivity contribution >= 4 is 11.9 Å². The van der Waals surface area contributed by atoms with Gasteiger partial charge in [-0.25, -0.2) is 9.48 Å². The van der Waals surface area contributed by atoms with Crippen molar-refractivity contribution in [2.75, 3.05) is 12.4 Å². The molecule has 1 aliphatic heterocycles. The van der Waals surface area contributed by atoms with Crippen molar-refractivity contribution in [2.45, 2.75) is 46.4 Å². The maximum Gasteiger partial charge on any atom is 0.338 e. The standard InChI is InChI=1S/C25H28N4O4/c1-15(2)33-24(30)22-17(4)28-25-26-14-27-29(25)23(22)18-10-11-20(21(12-18)31-5)32-13-19-9-7-6-8-16(19)3/h6-12,14-15,23H,13H2,1-5H3,(H,26,27,28). The number of nitrogens with zero attached hydrogens (tertiary/aromatic N) is 3. The summed E-state index contributed by atoms with van der Waals surface area (Å²) in [6, 6.07) is 13.2. The molecule has 0 spiro atoms. The molecule has 3 aromatic rings. The van der Waals surface area contributed by atoms with E-state index in [0.717, 1.165) is 16.7 Å². The number of ether oxygens (including phenoxy) is 3. The predicted octanol–water partition coefficient (Wildman–Crippen LogP) is 4.41. The molecule has 8 heteroatoms. The second kappa shape index (κ2) is 9.36. The highest BCUT2D eigenvalue weighted by molar-refractivity contribution is 5.92. The number of hydrogen-bond acceptors (Lipinski definition) is 7. The number of rotatable bonds is 7. The lowest BCUT2D eigenvalue weighted by Crippen LogP contribution is -2.30. The monoisotopic (exact) mass is 448 g/mol. The summed E-state index contributed by atoms with van der Waals surface area (Å²) in [5.41, 5.74) is 4.21. The highest BCUT2D eigenvalue weighted by Crippen LogP contribution is 2.39. The molecular formula is C25H28N4O4. The zero-order valence-corrected chi connectivity index (χ0v) is 19.5. The van der Waals surface area contributed by atoms with E-state index in [0.29, 0.717) is 35.3 Å². The van der Waals surface area contributed by atoms with Gasteiger partial charge < -0.3 is 19.5 Å². The summed E-state index contributed by atoms with van der Waals surface area (Å²) in [6.07, 6.45) is 1.21. The number of hydrogen-bond donors (Lipinski definition) is 1. The molecule has 4 rings (SSSR count). The molecule has 33 heavy (non-hydrogen) atoms. The Morgan fingerprint density at radius 2 is 1.94 bits per heavy atom. The number of methoxy groups -OCH3 is 1. The summed E-state index contributed by atoms with van der Waals surface area (Å²) in [5.74, 6) is 1.33. The van der Waals surface area contributed by atoms with Gasteiger partial charge in [0.15, 0.2) is 11.5 Å². The van der Waals surface area contributed by atoms with Crippen molar-refractivity contribution in [3.63, 3.8) is 0 Å². The topological polar surface area (TPSA) is 87.5 Å². The van der Waals surface area contributed by atoms with Crippen LogP contribution in [0.2, 0.25) is 0 Å². The van der Waals surface area contributed by atoms with Gasteiger partial charge in [-0.15, -0.1) is 0 Å². The van der Waals surface area contributed by atoms with E-state index >= 15 is 0 Å². The summed E-state index contributed by atoms with van der Waals surface area (Å²) in [5, 5.41) is 7.49. The molecule has 2 heterocycles. The third kappa shape index (κ3) is 4.55. The van der Waals surface area contributed by atoms with Crippen LogP contribution < -0.4 is 14.8 Å². The molecule has 172 valence electrons. The average Bonchev–Trinajstić information content (AvgIpc) is 3.25. The minimum absolute atomic E-state index is 0.248. The van der Waals surface area contributed by atoms with Crippen LogP contribution in [0.15, 0.2) is 60.1 Å². The molecule has 0 saturated carbocycles. The van der Waals surface area contributed by atoms with E-state index in [1.165, 1.54) is 6.33 Å². The van der Waals surface area contributed by atoms with Gasteiger partial charge in [-0.2, -0.15) is 10.1 Å². The molecule has 0 saturated heterocycles. The summed E-state index contributed by atoms with van der Waals surface area (Å²) in [6.45, 7) is 7.96. The van der Waals surface area contributed by atoms with Crippen molar-refractivity contribution in [1.29, 1.82) is 0 Å². The summed E-state index contributed by atoms with van der Waals surface area (Å²) in [7, 11) is 1.60. The Hall–Kier alpha value is -3.81. The van der Waals surface area contributed by atoms with Crippen LogP contribution in [0.1, 0.15) is 43.5 Å². The van der Waals surface area contributed by atoms with Crippen LogP contribution in [0.3, 0.4) is 0 Å². The third-order valence-electron chi connectivity index (χ3n) is 5.50. The Morgan fingerprint density at radius 1 is 1.15 bits per heavy atom. The number of aryl methyl sites for hydroxylation is 1. The first-order valence-electron chi connectivity index (χ1n) is 10.8. The Labute approximate surface area is 193 Å². The van der Waals surface area contributed by atoms with Crippen LogP contribution in [0.4, 0.5) is 5.95 Å². The molecule has 0 bridgehead atoms. The fraction of sp³-hybridized carbons (Fsp3) is 0.320. The molecule has 1 N–H and O–H groups in total. The number of fused-ring (bicyclic) bond motifs is 1. The Morgan fingerprint density at radius 3 is 2.67 bits per heavy atom.